The maximum absolute atomic E-state index is 13.6. The minimum absolute atomic E-state index is 0.173. The Hall–Kier alpha value is -3.76. The smallest absolute Gasteiger partial charge is 0.226 e. The zero-order valence-electron chi connectivity index (χ0n) is 20.4. The van der Waals surface area contributed by atoms with Crippen LogP contribution in [0.3, 0.4) is 0 Å². The molecule has 2 atom stereocenters. The average Bonchev–Trinajstić information content (AvgIpc) is 3.52. The molecule has 1 amide bonds. The van der Waals surface area contributed by atoms with Crippen molar-refractivity contribution in [2.45, 2.75) is 18.5 Å². The Balaban J connectivity index is 1.41. The number of methoxy groups -OCH3 is 1. The fourth-order valence-corrected chi connectivity index (χ4v) is 5.36. The Morgan fingerprint density at radius 3 is 2.76 bits per heavy atom. The summed E-state index contributed by atoms with van der Waals surface area (Å²) in [6.07, 6.45) is 1.91. The van der Waals surface area contributed by atoms with Crippen molar-refractivity contribution in [2.75, 3.05) is 19.0 Å². The molecule has 5 rings (SSSR count). The third kappa shape index (κ3) is 5.41. The lowest BCUT2D eigenvalue weighted by Crippen LogP contribution is -2.32. The number of carbonyl (C=O) groups is 1. The highest BCUT2D eigenvalue weighted by Gasteiger charge is 2.41. The number of anilines is 1. The van der Waals surface area contributed by atoms with Gasteiger partial charge < -0.3 is 24.7 Å². The standard InChI is InChI=1S/C28H24BrFN4O3S/c1-36-23-8-3-2-6-20(23)32-25(35)13-15-34-27(26(33-28(34)38)21-7-4-5-14-31-21)24-12-11-22(37-24)18-10-9-17(30)16-19(18)29/h2-12,14,16,26-27H,13,15H2,1H3,(H,32,35)(H,33,38)/t26-,27-/m0/s1. The predicted molar refractivity (Wildman–Crippen MR) is 150 cm³/mol. The van der Waals surface area contributed by atoms with Gasteiger partial charge in [0.1, 0.15) is 29.1 Å². The van der Waals surface area contributed by atoms with E-state index in [1.807, 2.05) is 47.4 Å². The Morgan fingerprint density at radius 2 is 2.00 bits per heavy atom. The van der Waals surface area contributed by atoms with Crippen LogP contribution in [0.2, 0.25) is 0 Å². The van der Waals surface area contributed by atoms with Gasteiger partial charge in [0.15, 0.2) is 5.11 Å². The molecule has 0 saturated carbocycles. The third-order valence-electron chi connectivity index (χ3n) is 6.27. The molecule has 1 fully saturated rings. The second kappa shape index (κ2) is 11.3. The van der Waals surface area contributed by atoms with Crippen LogP contribution in [0.5, 0.6) is 5.75 Å². The first-order valence-electron chi connectivity index (χ1n) is 11.9. The summed E-state index contributed by atoms with van der Waals surface area (Å²) in [5.41, 5.74) is 2.12. The van der Waals surface area contributed by atoms with Crippen molar-refractivity contribution < 1.29 is 18.3 Å². The molecular formula is C28H24BrFN4O3S. The van der Waals surface area contributed by atoms with Gasteiger partial charge in [0, 0.05) is 29.2 Å². The molecule has 194 valence electrons. The van der Waals surface area contributed by atoms with Gasteiger partial charge in [-0.3, -0.25) is 9.78 Å². The fourth-order valence-electron chi connectivity index (χ4n) is 4.48. The van der Waals surface area contributed by atoms with Gasteiger partial charge in [0.2, 0.25) is 5.91 Å². The lowest BCUT2D eigenvalue weighted by molar-refractivity contribution is -0.116. The molecule has 2 N–H and O–H groups in total. The molecule has 1 saturated heterocycles. The number of benzene rings is 2. The summed E-state index contributed by atoms with van der Waals surface area (Å²) in [4.78, 5) is 19.3. The Kier molecular flexibility index (Phi) is 7.71. The fraction of sp³-hybridized carbons (Fsp3) is 0.179. The minimum atomic E-state index is -0.357. The summed E-state index contributed by atoms with van der Waals surface area (Å²) in [5.74, 6) is 1.29. The Morgan fingerprint density at radius 1 is 1.18 bits per heavy atom. The van der Waals surface area contributed by atoms with Crippen LogP contribution in [-0.4, -0.2) is 34.6 Å². The lowest BCUT2D eigenvalue weighted by atomic mass is 10.0. The number of nitrogens with zero attached hydrogens (tertiary/aromatic N) is 2. The van der Waals surface area contributed by atoms with E-state index in [0.29, 0.717) is 39.1 Å². The van der Waals surface area contributed by atoms with Crippen molar-refractivity contribution in [3.05, 3.63) is 101 Å². The molecule has 0 spiro atoms. The number of amides is 1. The molecule has 38 heavy (non-hydrogen) atoms. The molecule has 10 heteroatoms. The highest BCUT2D eigenvalue weighted by Crippen LogP contribution is 2.41. The largest absolute Gasteiger partial charge is 0.495 e. The quantitative estimate of drug-likeness (QED) is 0.233. The average molecular weight is 595 g/mol. The number of ether oxygens (including phenoxy) is 1. The number of nitrogens with one attached hydrogen (secondary N) is 2. The molecule has 1 aliphatic heterocycles. The van der Waals surface area contributed by atoms with E-state index in [1.165, 1.54) is 12.1 Å². The first kappa shape index (κ1) is 25.9. The first-order valence-corrected chi connectivity index (χ1v) is 13.1. The van der Waals surface area contributed by atoms with Crippen molar-refractivity contribution in [3.63, 3.8) is 0 Å². The van der Waals surface area contributed by atoms with Crippen LogP contribution in [0, 0.1) is 5.82 Å². The van der Waals surface area contributed by atoms with E-state index in [-0.39, 0.29) is 30.2 Å². The van der Waals surface area contributed by atoms with E-state index >= 15 is 0 Å². The van der Waals surface area contributed by atoms with Gasteiger partial charge in [-0.05, 0) is 82.7 Å². The van der Waals surface area contributed by atoms with Gasteiger partial charge in [-0.2, -0.15) is 0 Å². The van der Waals surface area contributed by atoms with Gasteiger partial charge in [0.25, 0.3) is 0 Å². The van der Waals surface area contributed by atoms with Crippen LogP contribution in [0.1, 0.15) is 30.0 Å². The van der Waals surface area contributed by atoms with Gasteiger partial charge in [-0.1, -0.05) is 18.2 Å². The van der Waals surface area contributed by atoms with Crippen LogP contribution in [-0.2, 0) is 4.79 Å². The number of aromatic nitrogens is 1. The summed E-state index contributed by atoms with van der Waals surface area (Å²) in [6, 6.07) is 20.5. The first-order chi connectivity index (χ1) is 18.4. The molecule has 1 aliphatic rings. The number of furan rings is 1. The Labute approximate surface area is 233 Å². The van der Waals surface area contributed by atoms with E-state index < -0.39 is 0 Å². The number of hydrogen-bond donors (Lipinski definition) is 2. The Bertz CT molecular complexity index is 1470. The molecule has 2 aromatic carbocycles. The number of rotatable bonds is 8. The highest BCUT2D eigenvalue weighted by molar-refractivity contribution is 9.10. The zero-order chi connectivity index (χ0) is 26.6. The van der Waals surface area contributed by atoms with Crippen LogP contribution in [0.4, 0.5) is 10.1 Å². The molecule has 0 unspecified atom stereocenters. The van der Waals surface area contributed by atoms with Gasteiger partial charge >= 0.3 is 0 Å². The lowest BCUT2D eigenvalue weighted by Gasteiger charge is -2.26. The number of thiocarbonyl (C=S) groups is 1. The number of para-hydroxylation sites is 2. The monoisotopic (exact) mass is 594 g/mol. The maximum atomic E-state index is 13.6. The van der Waals surface area contributed by atoms with Crippen LogP contribution < -0.4 is 15.4 Å². The SMILES string of the molecule is COc1ccccc1NC(=O)CCN1C(=S)N[C@@H](c2ccccn2)[C@@H]1c1ccc(-c2ccc(F)cc2Br)o1. The van der Waals surface area contributed by atoms with E-state index in [9.17, 15) is 9.18 Å². The zero-order valence-corrected chi connectivity index (χ0v) is 22.8. The molecule has 0 bridgehead atoms. The summed E-state index contributed by atoms with van der Waals surface area (Å²) >= 11 is 9.11. The predicted octanol–water partition coefficient (Wildman–Crippen LogP) is 6.25. The summed E-state index contributed by atoms with van der Waals surface area (Å²) < 4.78 is 25.9. The maximum Gasteiger partial charge on any atom is 0.226 e. The van der Waals surface area contributed by atoms with Crippen LogP contribution in [0.15, 0.2) is 87.9 Å². The molecule has 3 heterocycles. The minimum Gasteiger partial charge on any atom is -0.495 e. The third-order valence-corrected chi connectivity index (χ3v) is 7.28. The van der Waals surface area contributed by atoms with Gasteiger partial charge in [0.05, 0.1) is 24.5 Å². The van der Waals surface area contributed by atoms with Gasteiger partial charge in [-0.25, -0.2) is 4.39 Å². The molecular weight excluding hydrogens is 571 g/mol. The second-order valence-electron chi connectivity index (χ2n) is 8.64. The van der Waals surface area contributed by atoms with Crippen LogP contribution >= 0.6 is 28.1 Å². The summed E-state index contributed by atoms with van der Waals surface area (Å²) in [5, 5.41) is 6.76. The topological polar surface area (TPSA) is 79.6 Å². The van der Waals surface area contributed by atoms with E-state index in [4.69, 9.17) is 21.4 Å². The van der Waals surface area contributed by atoms with Crippen molar-refractivity contribution in [2.24, 2.45) is 0 Å². The van der Waals surface area contributed by atoms with Crippen molar-refractivity contribution in [1.82, 2.24) is 15.2 Å². The number of hydrogen-bond acceptors (Lipinski definition) is 5. The van der Waals surface area contributed by atoms with Crippen molar-refractivity contribution in [3.8, 4) is 17.1 Å². The normalized spacial score (nSPS) is 16.8. The number of halogens is 2. The van der Waals surface area contributed by atoms with E-state index in [0.717, 1.165) is 11.3 Å². The number of pyridine rings is 1. The number of carbonyl (C=O) groups excluding carboxylic acids is 1. The van der Waals surface area contributed by atoms with E-state index in [2.05, 4.69) is 31.5 Å². The van der Waals surface area contributed by atoms with Crippen molar-refractivity contribution >= 4 is 44.9 Å². The summed E-state index contributed by atoms with van der Waals surface area (Å²) in [6.45, 7) is 0.344. The molecule has 2 aromatic heterocycles. The molecule has 0 aliphatic carbocycles. The van der Waals surface area contributed by atoms with E-state index in [1.54, 1.807) is 31.5 Å². The van der Waals surface area contributed by atoms with Gasteiger partial charge in [-0.15, -0.1) is 0 Å². The second-order valence-corrected chi connectivity index (χ2v) is 9.89. The molecule has 4 aromatic rings. The van der Waals surface area contributed by atoms with Crippen LogP contribution in [0.25, 0.3) is 11.3 Å². The summed E-state index contributed by atoms with van der Waals surface area (Å²) in [7, 11) is 1.56. The highest BCUT2D eigenvalue weighted by atomic mass is 79.9. The van der Waals surface area contributed by atoms with Crippen molar-refractivity contribution in [1.29, 1.82) is 0 Å². The molecule has 0 radical (unpaired) electrons. The molecule has 7 nitrogen and oxygen atoms in total.